The van der Waals surface area contributed by atoms with Crippen LogP contribution >= 0.6 is 0 Å². The molecule has 0 unspecified atom stereocenters. The molecule has 0 aliphatic rings. The highest BCUT2D eigenvalue weighted by Crippen LogP contribution is 2.17. The first-order chi connectivity index (χ1) is 14.0. The van der Waals surface area contributed by atoms with Crippen molar-refractivity contribution >= 4 is 23.2 Å². The lowest BCUT2D eigenvalue weighted by atomic mass is 10.2. The topological polar surface area (TPSA) is 76.7 Å². The number of methoxy groups -OCH3 is 1. The molecule has 6 nitrogen and oxygen atoms in total. The van der Waals surface area contributed by atoms with Gasteiger partial charge >= 0.3 is 0 Å². The molecule has 0 saturated heterocycles. The van der Waals surface area contributed by atoms with Crippen LogP contribution in [0.15, 0.2) is 72.8 Å². The van der Waals surface area contributed by atoms with Gasteiger partial charge in [-0.25, -0.2) is 4.39 Å². The van der Waals surface area contributed by atoms with Crippen molar-refractivity contribution in [3.05, 3.63) is 84.2 Å². The Kier molecular flexibility index (Phi) is 6.42. The standard InChI is InChI=1S/C22H19FN2O4/c1-28-19-12-8-18(9-13-19)25-22(27)15-2-6-17(7-3-15)24-21(26)14-29-20-10-4-16(23)5-11-20/h2-13H,14H2,1H3,(H,24,26)(H,25,27). The number of anilines is 2. The summed E-state index contributed by atoms with van der Waals surface area (Å²) in [6.45, 7) is -0.217. The van der Waals surface area contributed by atoms with Crippen LogP contribution in [0, 0.1) is 5.82 Å². The van der Waals surface area contributed by atoms with E-state index in [0.29, 0.717) is 28.4 Å². The Morgan fingerprint density at radius 2 is 1.34 bits per heavy atom. The van der Waals surface area contributed by atoms with Gasteiger partial charge in [-0.15, -0.1) is 0 Å². The van der Waals surface area contributed by atoms with Crippen LogP contribution < -0.4 is 20.1 Å². The third kappa shape index (κ3) is 5.80. The fourth-order valence-electron chi connectivity index (χ4n) is 2.46. The lowest BCUT2D eigenvalue weighted by molar-refractivity contribution is -0.118. The molecular weight excluding hydrogens is 375 g/mol. The van der Waals surface area contributed by atoms with Gasteiger partial charge in [0.25, 0.3) is 11.8 Å². The van der Waals surface area contributed by atoms with Crippen LogP contribution in [0.25, 0.3) is 0 Å². The van der Waals surface area contributed by atoms with Crippen molar-refractivity contribution in [2.45, 2.75) is 0 Å². The zero-order valence-electron chi connectivity index (χ0n) is 15.6. The number of hydrogen-bond acceptors (Lipinski definition) is 4. The Bertz CT molecular complexity index is 971. The average molecular weight is 394 g/mol. The van der Waals surface area contributed by atoms with Gasteiger partial charge in [-0.05, 0) is 72.8 Å². The molecule has 148 valence electrons. The molecule has 0 aliphatic carbocycles. The highest BCUT2D eigenvalue weighted by molar-refractivity contribution is 6.04. The summed E-state index contributed by atoms with van der Waals surface area (Å²) in [7, 11) is 1.57. The molecule has 0 radical (unpaired) electrons. The SMILES string of the molecule is COc1ccc(NC(=O)c2ccc(NC(=O)COc3ccc(F)cc3)cc2)cc1. The molecule has 0 saturated carbocycles. The minimum absolute atomic E-state index is 0.217. The molecular formula is C22H19FN2O4. The zero-order chi connectivity index (χ0) is 20.6. The maximum Gasteiger partial charge on any atom is 0.262 e. The summed E-state index contributed by atoms with van der Waals surface area (Å²) in [5.41, 5.74) is 1.62. The van der Waals surface area contributed by atoms with Gasteiger partial charge in [0.2, 0.25) is 0 Å². The first-order valence-electron chi connectivity index (χ1n) is 8.77. The van der Waals surface area contributed by atoms with Gasteiger partial charge in [-0.2, -0.15) is 0 Å². The van der Waals surface area contributed by atoms with Gasteiger partial charge in [0, 0.05) is 16.9 Å². The number of benzene rings is 3. The molecule has 0 aromatic heterocycles. The summed E-state index contributed by atoms with van der Waals surface area (Å²) in [4.78, 5) is 24.3. The zero-order valence-corrected chi connectivity index (χ0v) is 15.6. The van der Waals surface area contributed by atoms with Gasteiger partial charge in [0.15, 0.2) is 6.61 Å². The number of rotatable bonds is 7. The largest absolute Gasteiger partial charge is 0.497 e. The number of halogens is 1. The number of carbonyl (C=O) groups excluding carboxylic acids is 2. The fraction of sp³-hybridized carbons (Fsp3) is 0.0909. The smallest absolute Gasteiger partial charge is 0.262 e. The van der Waals surface area contributed by atoms with Crippen molar-refractivity contribution in [2.24, 2.45) is 0 Å². The van der Waals surface area contributed by atoms with E-state index >= 15 is 0 Å². The van der Waals surface area contributed by atoms with Crippen molar-refractivity contribution in [1.82, 2.24) is 0 Å². The number of ether oxygens (including phenoxy) is 2. The van der Waals surface area contributed by atoms with Crippen molar-refractivity contribution < 1.29 is 23.5 Å². The predicted octanol–water partition coefficient (Wildman–Crippen LogP) is 4.10. The molecule has 0 fully saturated rings. The first-order valence-corrected chi connectivity index (χ1v) is 8.77. The molecule has 2 N–H and O–H groups in total. The van der Waals surface area contributed by atoms with Crippen LogP contribution in [0.2, 0.25) is 0 Å². The van der Waals surface area contributed by atoms with E-state index in [0.717, 1.165) is 0 Å². The third-order valence-corrected chi connectivity index (χ3v) is 3.96. The van der Waals surface area contributed by atoms with Gasteiger partial charge in [0.05, 0.1) is 7.11 Å². The Labute approximate surface area is 167 Å². The van der Waals surface area contributed by atoms with Crippen LogP contribution in [0.4, 0.5) is 15.8 Å². The van der Waals surface area contributed by atoms with E-state index < -0.39 is 0 Å². The molecule has 0 spiro atoms. The van der Waals surface area contributed by atoms with Crippen molar-refractivity contribution in [3.63, 3.8) is 0 Å². The van der Waals surface area contributed by atoms with E-state index in [1.807, 2.05) is 0 Å². The van der Waals surface area contributed by atoms with E-state index in [1.165, 1.54) is 24.3 Å². The van der Waals surface area contributed by atoms with Crippen molar-refractivity contribution in [1.29, 1.82) is 0 Å². The Balaban J connectivity index is 1.51. The van der Waals surface area contributed by atoms with Crippen LogP contribution in [0.5, 0.6) is 11.5 Å². The van der Waals surface area contributed by atoms with Gasteiger partial charge in [-0.3, -0.25) is 9.59 Å². The summed E-state index contributed by atoms with van der Waals surface area (Å²) >= 11 is 0. The Morgan fingerprint density at radius 3 is 1.97 bits per heavy atom. The second kappa shape index (κ2) is 9.36. The molecule has 2 amide bonds. The molecule has 29 heavy (non-hydrogen) atoms. The summed E-state index contributed by atoms with van der Waals surface area (Å²) in [6.07, 6.45) is 0. The van der Waals surface area contributed by atoms with Gasteiger partial charge in [-0.1, -0.05) is 0 Å². The number of amides is 2. The van der Waals surface area contributed by atoms with E-state index in [9.17, 15) is 14.0 Å². The van der Waals surface area contributed by atoms with Crippen LogP contribution in [0.3, 0.4) is 0 Å². The molecule has 3 aromatic carbocycles. The molecule has 0 atom stereocenters. The first kappa shape index (κ1) is 19.9. The number of nitrogens with one attached hydrogen (secondary N) is 2. The average Bonchev–Trinajstić information content (AvgIpc) is 2.74. The van der Waals surface area contributed by atoms with Crippen LogP contribution in [-0.2, 0) is 4.79 Å². The molecule has 3 rings (SSSR count). The summed E-state index contributed by atoms with van der Waals surface area (Å²) in [6, 6.07) is 18.8. The Hall–Kier alpha value is -3.87. The number of carbonyl (C=O) groups is 2. The van der Waals surface area contributed by atoms with Crippen LogP contribution in [-0.4, -0.2) is 25.5 Å². The van der Waals surface area contributed by atoms with Gasteiger partial charge in [0.1, 0.15) is 17.3 Å². The van der Waals surface area contributed by atoms with Crippen molar-refractivity contribution in [2.75, 3.05) is 24.4 Å². The third-order valence-electron chi connectivity index (χ3n) is 3.96. The fourth-order valence-corrected chi connectivity index (χ4v) is 2.46. The molecule has 0 heterocycles. The van der Waals surface area contributed by atoms with E-state index in [4.69, 9.17) is 9.47 Å². The van der Waals surface area contributed by atoms with E-state index in [-0.39, 0.29) is 24.2 Å². The van der Waals surface area contributed by atoms with Crippen molar-refractivity contribution in [3.8, 4) is 11.5 Å². The van der Waals surface area contributed by atoms with E-state index in [1.54, 1.807) is 55.6 Å². The maximum absolute atomic E-state index is 12.8. The molecule has 0 aliphatic heterocycles. The van der Waals surface area contributed by atoms with Crippen LogP contribution in [0.1, 0.15) is 10.4 Å². The second-order valence-corrected chi connectivity index (χ2v) is 6.05. The summed E-state index contributed by atoms with van der Waals surface area (Å²) in [5.74, 6) is 0.0777. The summed E-state index contributed by atoms with van der Waals surface area (Å²) in [5, 5.41) is 5.45. The Morgan fingerprint density at radius 1 is 0.793 bits per heavy atom. The predicted molar refractivity (Wildman–Crippen MR) is 108 cm³/mol. The lowest BCUT2D eigenvalue weighted by Gasteiger charge is -2.09. The quantitative estimate of drug-likeness (QED) is 0.632. The minimum Gasteiger partial charge on any atom is -0.497 e. The monoisotopic (exact) mass is 394 g/mol. The van der Waals surface area contributed by atoms with Gasteiger partial charge < -0.3 is 20.1 Å². The normalized spacial score (nSPS) is 10.1. The van der Waals surface area contributed by atoms with E-state index in [2.05, 4.69) is 10.6 Å². The maximum atomic E-state index is 12.8. The highest BCUT2D eigenvalue weighted by Gasteiger charge is 2.08. The summed E-state index contributed by atoms with van der Waals surface area (Å²) < 4.78 is 23.2. The highest BCUT2D eigenvalue weighted by atomic mass is 19.1. The molecule has 0 bridgehead atoms. The minimum atomic E-state index is -0.377. The molecule has 7 heteroatoms. The lowest BCUT2D eigenvalue weighted by Crippen LogP contribution is -2.20. The number of hydrogen-bond donors (Lipinski definition) is 2. The second-order valence-electron chi connectivity index (χ2n) is 6.05. The molecule has 3 aromatic rings.